The molecule has 0 heterocycles. The van der Waals surface area contributed by atoms with Gasteiger partial charge in [0.1, 0.15) is 5.75 Å². The van der Waals surface area contributed by atoms with Crippen molar-refractivity contribution in [2.24, 2.45) is 0 Å². The standard InChI is InChI=1S/C11H15ClN2O3S/c1-3-14(2)11(15)7-18(16,17)10-5-4-8(12)6-9(10)13/h4-6H,3,7,13H2,1-2H3. The Balaban J connectivity index is 3.04. The van der Waals surface area contributed by atoms with Gasteiger partial charge in [0.15, 0.2) is 9.84 Å². The van der Waals surface area contributed by atoms with E-state index in [1.807, 2.05) is 0 Å². The molecule has 18 heavy (non-hydrogen) atoms. The van der Waals surface area contributed by atoms with Gasteiger partial charge in [-0.2, -0.15) is 0 Å². The first-order valence-corrected chi connectivity index (χ1v) is 7.32. The molecule has 0 spiro atoms. The average molecular weight is 291 g/mol. The Morgan fingerprint density at radius 2 is 2.06 bits per heavy atom. The van der Waals surface area contributed by atoms with Crippen LogP contribution in [0.25, 0.3) is 0 Å². The van der Waals surface area contributed by atoms with Crippen molar-refractivity contribution in [1.82, 2.24) is 4.90 Å². The fraction of sp³-hybridized carbons (Fsp3) is 0.364. The predicted molar refractivity (Wildman–Crippen MR) is 71.2 cm³/mol. The molecule has 0 aliphatic carbocycles. The number of hydrogen-bond donors (Lipinski definition) is 1. The van der Waals surface area contributed by atoms with Crippen molar-refractivity contribution >= 4 is 33.0 Å². The molecular weight excluding hydrogens is 276 g/mol. The van der Waals surface area contributed by atoms with Crippen LogP contribution in [0.1, 0.15) is 6.92 Å². The summed E-state index contributed by atoms with van der Waals surface area (Å²) in [5, 5.41) is 0.350. The van der Waals surface area contributed by atoms with Gasteiger partial charge in [-0.25, -0.2) is 8.42 Å². The van der Waals surface area contributed by atoms with Gasteiger partial charge >= 0.3 is 0 Å². The molecule has 5 nitrogen and oxygen atoms in total. The van der Waals surface area contributed by atoms with Crippen molar-refractivity contribution in [3.8, 4) is 0 Å². The van der Waals surface area contributed by atoms with Gasteiger partial charge in [-0.05, 0) is 25.1 Å². The number of amides is 1. The Labute approximate surface area is 111 Å². The smallest absolute Gasteiger partial charge is 0.237 e. The maximum absolute atomic E-state index is 12.0. The summed E-state index contributed by atoms with van der Waals surface area (Å²) >= 11 is 5.70. The van der Waals surface area contributed by atoms with Crippen molar-refractivity contribution in [2.45, 2.75) is 11.8 Å². The predicted octanol–water partition coefficient (Wildman–Crippen LogP) is 1.17. The number of carbonyl (C=O) groups is 1. The lowest BCUT2D eigenvalue weighted by atomic mass is 10.3. The molecule has 0 aromatic heterocycles. The van der Waals surface area contributed by atoms with Gasteiger partial charge in [0.25, 0.3) is 0 Å². The summed E-state index contributed by atoms with van der Waals surface area (Å²) in [5.74, 6) is -1.06. The van der Waals surface area contributed by atoms with E-state index in [9.17, 15) is 13.2 Å². The Morgan fingerprint density at radius 1 is 1.44 bits per heavy atom. The number of nitrogens with zero attached hydrogens (tertiary/aromatic N) is 1. The number of hydrogen-bond acceptors (Lipinski definition) is 4. The number of anilines is 1. The van der Waals surface area contributed by atoms with Gasteiger partial charge in [0.2, 0.25) is 5.91 Å². The Hall–Kier alpha value is -1.27. The van der Waals surface area contributed by atoms with E-state index in [-0.39, 0.29) is 10.6 Å². The maximum atomic E-state index is 12.0. The fourth-order valence-electron chi connectivity index (χ4n) is 1.33. The van der Waals surface area contributed by atoms with Gasteiger partial charge in [-0.3, -0.25) is 4.79 Å². The molecule has 0 aliphatic heterocycles. The van der Waals surface area contributed by atoms with E-state index >= 15 is 0 Å². The highest BCUT2D eigenvalue weighted by Crippen LogP contribution is 2.23. The second-order valence-corrected chi connectivity index (χ2v) is 6.24. The van der Waals surface area contributed by atoms with Gasteiger partial charge in [-0.15, -0.1) is 0 Å². The van der Waals surface area contributed by atoms with E-state index in [4.69, 9.17) is 17.3 Å². The molecular formula is C11H15ClN2O3S. The van der Waals surface area contributed by atoms with Crippen LogP contribution in [-0.2, 0) is 14.6 Å². The molecule has 0 unspecified atom stereocenters. The highest BCUT2D eigenvalue weighted by atomic mass is 35.5. The van der Waals surface area contributed by atoms with Crippen molar-refractivity contribution < 1.29 is 13.2 Å². The molecule has 2 N–H and O–H groups in total. The van der Waals surface area contributed by atoms with Gasteiger partial charge in [0, 0.05) is 18.6 Å². The minimum Gasteiger partial charge on any atom is -0.398 e. The summed E-state index contributed by atoms with van der Waals surface area (Å²) < 4.78 is 24.0. The topological polar surface area (TPSA) is 80.5 Å². The van der Waals surface area contributed by atoms with Crippen molar-refractivity contribution in [3.63, 3.8) is 0 Å². The molecule has 1 aromatic carbocycles. The quantitative estimate of drug-likeness (QED) is 0.844. The fourth-order valence-corrected chi connectivity index (χ4v) is 2.90. The summed E-state index contributed by atoms with van der Waals surface area (Å²) in [5.41, 5.74) is 5.65. The molecule has 0 atom stereocenters. The van der Waals surface area contributed by atoms with E-state index in [1.165, 1.54) is 23.1 Å². The third kappa shape index (κ3) is 3.36. The molecule has 0 radical (unpaired) electrons. The molecule has 1 rings (SSSR count). The normalized spacial score (nSPS) is 11.3. The number of halogens is 1. The van der Waals surface area contributed by atoms with Crippen LogP contribution in [0.5, 0.6) is 0 Å². The van der Waals surface area contributed by atoms with Crippen LogP contribution in [0.3, 0.4) is 0 Å². The minimum absolute atomic E-state index is 0.0504. The summed E-state index contributed by atoms with van der Waals surface area (Å²) in [7, 11) is -2.19. The van der Waals surface area contributed by atoms with Crippen LogP contribution >= 0.6 is 11.6 Å². The molecule has 1 amide bonds. The third-order valence-corrected chi connectivity index (χ3v) is 4.42. The van der Waals surface area contributed by atoms with Crippen molar-refractivity contribution in [3.05, 3.63) is 23.2 Å². The third-order valence-electron chi connectivity index (χ3n) is 2.52. The van der Waals surface area contributed by atoms with E-state index in [2.05, 4.69) is 0 Å². The zero-order valence-corrected chi connectivity index (χ0v) is 11.8. The van der Waals surface area contributed by atoms with E-state index < -0.39 is 21.5 Å². The Kier molecular flexibility index (Phi) is 4.59. The highest BCUT2D eigenvalue weighted by Gasteiger charge is 2.23. The molecule has 0 fully saturated rings. The summed E-state index contributed by atoms with van der Waals surface area (Å²) in [6.45, 7) is 2.21. The Bertz CT molecular complexity index is 557. The molecule has 100 valence electrons. The number of nitrogen functional groups attached to an aromatic ring is 1. The molecule has 1 aromatic rings. The number of sulfone groups is 1. The van der Waals surface area contributed by atoms with Crippen LogP contribution < -0.4 is 5.73 Å². The van der Waals surface area contributed by atoms with Crippen LogP contribution in [0.2, 0.25) is 5.02 Å². The molecule has 0 bridgehead atoms. The van der Waals surface area contributed by atoms with E-state index in [0.717, 1.165) is 0 Å². The summed E-state index contributed by atoms with van der Waals surface area (Å²) in [6.07, 6.45) is 0. The number of nitrogens with two attached hydrogens (primary N) is 1. The largest absolute Gasteiger partial charge is 0.398 e. The van der Waals surface area contributed by atoms with Crippen molar-refractivity contribution in [2.75, 3.05) is 25.1 Å². The van der Waals surface area contributed by atoms with Gasteiger partial charge < -0.3 is 10.6 Å². The highest BCUT2D eigenvalue weighted by molar-refractivity contribution is 7.92. The van der Waals surface area contributed by atoms with Crippen LogP contribution in [0.15, 0.2) is 23.1 Å². The lowest BCUT2D eigenvalue weighted by Crippen LogP contribution is -2.32. The SMILES string of the molecule is CCN(C)C(=O)CS(=O)(=O)c1ccc(Cl)cc1N. The Morgan fingerprint density at radius 3 is 2.56 bits per heavy atom. The van der Waals surface area contributed by atoms with Crippen LogP contribution in [0, 0.1) is 0 Å². The lowest BCUT2D eigenvalue weighted by Gasteiger charge is -2.15. The van der Waals surface area contributed by atoms with Crippen LogP contribution in [0.4, 0.5) is 5.69 Å². The summed E-state index contributed by atoms with van der Waals surface area (Å²) in [6, 6.07) is 4.09. The van der Waals surface area contributed by atoms with Crippen LogP contribution in [-0.4, -0.2) is 38.6 Å². The first-order valence-electron chi connectivity index (χ1n) is 5.29. The van der Waals surface area contributed by atoms with Gasteiger partial charge in [0.05, 0.1) is 10.6 Å². The molecule has 0 saturated heterocycles. The maximum Gasteiger partial charge on any atom is 0.237 e. The number of benzene rings is 1. The molecule has 7 heteroatoms. The molecule has 0 saturated carbocycles. The van der Waals surface area contributed by atoms with E-state index in [1.54, 1.807) is 14.0 Å². The molecule has 0 aliphatic rings. The minimum atomic E-state index is -3.74. The average Bonchev–Trinajstić information content (AvgIpc) is 2.26. The zero-order valence-electron chi connectivity index (χ0n) is 10.2. The number of rotatable bonds is 4. The van der Waals surface area contributed by atoms with E-state index in [0.29, 0.717) is 11.6 Å². The van der Waals surface area contributed by atoms with Gasteiger partial charge in [-0.1, -0.05) is 11.6 Å². The second kappa shape index (κ2) is 5.58. The monoisotopic (exact) mass is 290 g/mol. The lowest BCUT2D eigenvalue weighted by molar-refractivity contribution is -0.126. The summed E-state index contributed by atoms with van der Waals surface area (Å²) in [4.78, 5) is 12.9. The first kappa shape index (κ1) is 14.8. The number of carbonyl (C=O) groups excluding carboxylic acids is 1. The second-order valence-electron chi connectivity index (χ2n) is 3.85. The zero-order chi connectivity index (χ0) is 13.9. The van der Waals surface area contributed by atoms with Crippen molar-refractivity contribution in [1.29, 1.82) is 0 Å². The first-order chi connectivity index (χ1) is 8.27.